The maximum Gasteiger partial charge on any atom is 0.253 e. The molecule has 1 fully saturated rings. The Balaban J connectivity index is 1.40. The zero-order chi connectivity index (χ0) is 21.1. The molecule has 9 nitrogen and oxygen atoms in total. The molecule has 1 amide bonds. The summed E-state index contributed by atoms with van der Waals surface area (Å²) in [6.07, 6.45) is 1.24. The number of aromatic nitrogens is 2. The third-order valence-electron chi connectivity index (χ3n) is 4.96. The summed E-state index contributed by atoms with van der Waals surface area (Å²) in [4.78, 5) is 14.6. The van der Waals surface area contributed by atoms with Gasteiger partial charge in [0.05, 0.1) is 12.0 Å². The molecule has 10 heteroatoms. The van der Waals surface area contributed by atoms with Crippen molar-refractivity contribution in [1.82, 2.24) is 19.4 Å². The fraction of sp³-hybridized carbons (Fsp3) is 0.250. The first-order valence-corrected chi connectivity index (χ1v) is 10.7. The Hall–Kier alpha value is -3.24. The summed E-state index contributed by atoms with van der Waals surface area (Å²) in [7, 11) is -2.09. The Morgan fingerprint density at radius 2 is 1.67 bits per heavy atom. The zero-order valence-electron chi connectivity index (χ0n) is 16.3. The van der Waals surface area contributed by atoms with Crippen molar-refractivity contribution in [3.8, 4) is 17.2 Å². The second-order valence-corrected chi connectivity index (χ2v) is 8.63. The fourth-order valence-electron chi connectivity index (χ4n) is 3.27. The highest BCUT2D eigenvalue weighted by atomic mass is 32.2. The van der Waals surface area contributed by atoms with E-state index in [1.807, 2.05) is 0 Å². The number of piperazine rings is 1. The quantitative estimate of drug-likeness (QED) is 0.611. The van der Waals surface area contributed by atoms with Gasteiger partial charge in [-0.2, -0.15) is 4.31 Å². The van der Waals surface area contributed by atoms with Gasteiger partial charge in [0.25, 0.3) is 5.91 Å². The molecule has 2 aromatic carbocycles. The molecule has 1 aliphatic heterocycles. The van der Waals surface area contributed by atoms with Gasteiger partial charge in [-0.15, -0.1) is 10.2 Å². The molecule has 4 rings (SSSR count). The van der Waals surface area contributed by atoms with E-state index in [2.05, 4.69) is 10.2 Å². The third kappa shape index (κ3) is 3.91. The van der Waals surface area contributed by atoms with Gasteiger partial charge in [0.1, 0.15) is 5.75 Å². The highest BCUT2D eigenvalue weighted by Crippen LogP contribution is 2.22. The number of carbonyl (C=O) groups excluding carboxylic acids is 1. The van der Waals surface area contributed by atoms with Crippen LogP contribution < -0.4 is 4.74 Å². The van der Waals surface area contributed by atoms with Gasteiger partial charge < -0.3 is 14.1 Å². The number of ether oxygens (including phenoxy) is 1. The number of benzene rings is 2. The molecule has 0 saturated carbocycles. The molecule has 30 heavy (non-hydrogen) atoms. The van der Waals surface area contributed by atoms with E-state index in [1.54, 1.807) is 41.3 Å². The molecule has 0 unspecified atom stereocenters. The summed E-state index contributed by atoms with van der Waals surface area (Å²) in [6.45, 7) is 1.11. The zero-order valence-corrected chi connectivity index (χ0v) is 17.1. The first-order chi connectivity index (χ1) is 14.5. The Morgan fingerprint density at radius 3 is 2.23 bits per heavy atom. The molecule has 0 atom stereocenters. The van der Waals surface area contributed by atoms with E-state index in [9.17, 15) is 13.2 Å². The van der Waals surface area contributed by atoms with E-state index < -0.39 is 10.0 Å². The minimum absolute atomic E-state index is 0.145. The van der Waals surface area contributed by atoms with Crippen molar-refractivity contribution in [1.29, 1.82) is 0 Å². The lowest BCUT2D eigenvalue weighted by Crippen LogP contribution is -2.50. The lowest BCUT2D eigenvalue weighted by molar-refractivity contribution is 0.0698. The molecular weight excluding hydrogens is 408 g/mol. The predicted octanol–water partition coefficient (Wildman–Crippen LogP) is 1.89. The summed E-state index contributed by atoms with van der Waals surface area (Å²) in [6, 6.07) is 13.2. The largest absolute Gasteiger partial charge is 0.497 e. The van der Waals surface area contributed by atoms with E-state index in [0.29, 0.717) is 30.3 Å². The van der Waals surface area contributed by atoms with E-state index in [-0.39, 0.29) is 23.9 Å². The maximum atomic E-state index is 12.8. The molecule has 3 aromatic rings. The summed E-state index contributed by atoms with van der Waals surface area (Å²) in [5.74, 6) is 0.828. The number of carbonyl (C=O) groups is 1. The summed E-state index contributed by atoms with van der Waals surface area (Å²) in [5, 5.41) is 7.47. The minimum atomic E-state index is -3.61. The van der Waals surface area contributed by atoms with Crippen molar-refractivity contribution in [3.05, 3.63) is 60.5 Å². The third-order valence-corrected chi connectivity index (χ3v) is 6.87. The summed E-state index contributed by atoms with van der Waals surface area (Å²) in [5.41, 5.74) is 1.24. The predicted molar refractivity (Wildman–Crippen MR) is 107 cm³/mol. The standard InChI is InChI=1S/C20H20N4O5S/c1-28-17-6-8-18(9-7-17)30(26,27)24-12-10-23(11-13-24)20(25)16-4-2-15(3-5-16)19-22-21-14-29-19/h2-9,14H,10-13H2,1H3. The van der Waals surface area contributed by atoms with Crippen molar-refractivity contribution in [2.75, 3.05) is 33.3 Å². The van der Waals surface area contributed by atoms with Crippen LogP contribution in [0.4, 0.5) is 0 Å². The van der Waals surface area contributed by atoms with Gasteiger partial charge in [-0.1, -0.05) is 0 Å². The van der Waals surface area contributed by atoms with Crippen LogP contribution >= 0.6 is 0 Å². The molecule has 0 radical (unpaired) electrons. The molecule has 2 heterocycles. The van der Waals surface area contributed by atoms with Crippen LogP contribution in [0, 0.1) is 0 Å². The molecule has 1 aliphatic rings. The first kappa shape index (κ1) is 20.0. The maximum absolute atomic E-state index is 12.8. The van der Waals surface area contributed by atoms with Crippen LogP contribution in [0.2, 0.25) is 0 Å². The molecule has 0 bridgehead atoms. The second kappa shape index (κ2) is 8.25. The lowest BCUT2D eigenvalue weighted by atomic mass is 10.1. The second-order valence-electron chi connectivity index (χ2n) is 6.69. The minimum Gasteiger partial charge on any atom is -0.497 e. The SMILES string of the molecule is COc1ccc(S(=O)(=O)N2CCN(C(=O)c3ccc(-c4nnco4)cc3)CC2)cc1. The first-order valence-electron chi connectivity index (χ1n) is 9.29. The average molecular weight is 428 g/mol. The Labute approximate surface area is 173 Å². The van der Waals surface area contributed by atoms with Crippen molar-refractivity contribution >= 4 is 15.9 Å². The Kier molecular flexibility index (Phi) is 5.51. The molecule has 1 saturated heterocycles. The Morgan fingerprint density at radius 1 is 1.00 bits per heavy atom. The molecule has 0 spiro atoms. The van der Waals surface area contributed by atoms with E-state index >= 15 is 0 Å². The van der Waals surface area contributed by atoms with Crippen LogP contribution in [-0.4, -0.2) is 67.0 Å². The smallest absolute Gasteiger partial charge is 0.253 e. The normalized spacial score (nSPS) is 15.2. The van der Waals surface area contributed by atoms with Crippen molar-refractivity contribution in [2.45, 2.75) is 4.90 Å². The highest BCUT2D eigenvalue weighted by molar-refractivity contribution is 7.89. The monoisotopic (exact) mass is 428 g/mol. The summed E-state index contributed by atoms with van der Waals surface area (Å²) >= 11 is 0. The molecule has 156 valence electrons. The van der Waals surface area contributed by atoms with Gasteiger partial charge in [-0.25, -0.2) is 8.42 Å². The van der Waals surface area contributed by atoms with Crippen LogP contribution in [0.5, 0.6) is 5.75 Å². The van der Waals surface area contributed by atoms with Crippen LogP contribution in [-0.2, 0) is 10.0 Å². The van der Waals surface area contributed by atoms with Gasteiger partial charge in [-0.05, 0) is 48.5 Å². The number of rotatable bonds is 5. The highest BCUT2D eigenvalue weighted by Gasteiger charge is 2.30. The number of hydrogen-bond acceptors (Lipinski definition) is 7. The van der Waals surface area contributed by atoms with Crippen LogP contribution in [0.15, 0.2) is 64.2 Å². The van der Waals surface area contributed by atoms with Crippen LogP contribution in [0.1, 0.15) is 10.4 Å². The topological polar surface area (TPSA) is 106 Å². The van der Waals surface area contributed by atoms with Crippen LogP contribution in [0.3, 0.4) is 0 Å². The van der Waals surface area contributed by atoms with E-state index in [1.165, 1.54) is 29.9 Å². The molecule has 1 aromatic heterocycles. The van der Waals surface area contributed by atoms with Gasteiger partial charge >= 0.3 is 0 Å². The van der Waals surface area contributed by atoms with Crippen molar-refractivity contribution in [2.24, 2.45) is 0 Å². The number of hydrogen-bond donors (Lipinski definition) is 0. The average Bonchev–Trinajstić information content (AvgIpc) is 3.34. The van der Waals surface area contributed by atoms with Crippen LogP contribution in [0.25, 0.3) is 11.5 Å². The van der Waals surface area contributed by atoms with Gasteiger partial charge in [0.15, 0.2) is 0 Å². The molecular formula is C20H20N4O5S. The van der Waals surface area contributed by atoms with Crippen molar-refractivity contribution in [3.63, 3.8) is 0 Å². The molecule has 0 aliphatic carbocycles. The summed E-state index contributed by atoms with van der Waals surface area (Å²) < 4.78 is 37.3. The Bertz CT molecular complexity index is 1110. The number of methoxy groups -OCH3 is 1. The van der Waals surface area contributed by atoms with E-state index in [4.69, 9.17) is 9.15 Å². The number of amides is 1. The van der Waals surface area contributed by atoms with Gasteiger partial charge in [0, 0.05) is 37.3 Å². The van der Waals surface area contributed by atoms with E-state index in [0.717, 1.165) is 5.56 Å². The van der Waals surface area contributed by atoms with Crippen molar-refractivity contribution < 1.29 is 22.4 Å². The fourth-order valence-corrected chi connectivity index (χ4v) is 4.69. The lowest BCUT2D eigenvalue weighted by Gasteiger charge is -2.34. The number of nitrogens with zero attached hydrogens (tertiary/aromatic N) is 4. The van der Waals surface area contributed by atoms with Gasteiger partial charge in [-0.3, -0.25) is 4.79 Å². The van der Waals surface area contributed by atoms with Gasteiger partial charge in [0.2, 0.25) is 22.3 Å². The number of sulfonamides is 1. The molecule has 0 N–H and O–H groups in total.